The molecule has 0 fully saturated rings. The predicted molar refractivity (Wildman–Crippen MR) is 75.7 cm³/mol. The van der Waals surface area contributed by atoms with Crippen molar-refractivity contribution in [3.8, 4) is 11.8 Å². The Kier molecular flexibility index (Phi) is 3.63. The van der Waals surface area contributed by atoms with Gasteiger partial charge in [0.2, 0.25) is 10.0 Å². The predicted octanol–water partition coefficient (Wildman–Crippen LogP) is 1.03. The number of nitrogen functional groups attached to an aromatic ring is 1. The van der Waals surface area contributed by atoms with E-state index in [2.05, 4.69) is 9.82 Å². The highest BCUT2D eigenvalue weighted by atomic mass is 32.2. The van der Waals surface area contributed by atoms with Crippen LogP contribution in [0.15, 0.2) is 30.3 Å². The summed E-state index contributed by atoms with van der Waals surface area (Å²) in [4.78, 5) is 0. The summed E-state index contributed by atoms with van der Waals surface area (Å²) in [5, 5.41) is 12.6. The van der Waals surface area contributed by atoms with Gasteiger partial charge >= 0.3 is 0 Å². The Morgan fingerprint density at radius 1 is 1.40 bits per heavy atom. The minimum absolute atomic E-state index is 0.381. The zero-order valence-corrected chi connectivity index (χ0v) is 11.6. The van der Waals surface area contributed by atoms with Gasteiger partial charge in [-0.2, -0.15) is 10.4 Å². The van der Waals surface area contributed by atoms with Gasteiger partial charge in [0.1, 0.15) is 5.82 Å². The molecule has 0 saturated heterocycles. The van der Waals surface area contributed by atoms with E-state index >= 15 is 0 Å². The van der Waals surface area contributed by atoms with E-state index in [9.17, 15) is 8.42 Å². The Hall–Kier alpha value is -2.53. The summed E-state index contributed by atoms with van der Waals surface area (Å²) >= 11 is 0. The van der Waals surface area contributed by atoms with Crippen LogP contribution in [0, 0.1) is 18.3 Å². The van der Waals surface area contributed by atoms with Gasteiger partial charge in [-0.3, -0.25) is 4.72 Å². The van der Waals surface area contributed by atoms with Crippen molar-refractivity contribution < 1.29 is 8.42 Å². The van der Waals surface area contributed by atoms with Gasteiger partial charge in [0, 0.05) is 11.8 Å². The number of nitriles is 1. The molecule has 2 aromatic rings. The van der Waals surface area contributed by atoms with Crippen LogP contribution in [-0.2, 0) is 10.0 Å². The summed E-state index contributed by atoms with van der Waals surface area (Å²) in [6, 6.07) is 9.88. The molecule has 3 N–H and O–H groups in total. The van der Waals surface area contributed by atoms with Gasteiger partial charge < -0.3 is 5.73 Å². The molecule has 0 aliphatic carbocycles. The van der Waals surface area contributed by atoms with E-state index in [-0.39, 0.29) is 0 Å². The molecule has 8 heteroatoms. The smallest absolute Gasteiger partial charge is 0.246 e. The molecule has 104 valence electrons. The van der Waals surface area contributed by atoms with E-state index in [1.807, 2.05) is 6.92 Å². The summed E-state index contributed by atoms with van der Waals surface area (Å²) in [5.74, 6) is -0.0830. The Morgan fingerprint density at radius 3 is 2.55 bits per heavy atom. The third-order valence-electron chi connectivity index (χ3n) is 2.50. The fraction of sp³-hybridized carbons (Fsp3) is 0.167. The van der Waals surface area contributed by atoms with Gasteiger partial charge in [-0.15, -0.1) is 0 Å². The van der Waals surface area contributed by atoms with Gasteiger partial charge in [-0.1, -0.05) is 0 Å². The molecule has 0 unspecified atom stereocenters. The molecule has 0 radical (unpaired) electrons. The van der Waals surface area contributed by atoms with Gasteiger partial charge in [0.05, 0.1) is 17.5 Å². The number of rotatable bonds is 4. The zero-order chi connectivity index (χ0) is 14.8. The summed E-state index contributed by atoms with van der Waals surface area (Å²) in [6.45, 7) is 1.83. The second kappa shape index (κ2) is 5.22. The standard InChI is InChI=1S/C12H13N5O2S/c1-9-8-12(14)17(15-9)11-4-2-10(3-5-11)16-20(18,19)7-6-13/h2-5,8,16H,7,14H2,1H3. The molecule has 1 heterocycles. The van der Waals surface area contributed by atoms with Gasteiger partial charge in [-0.05, 0) is 31.2 Å². The lowest BCUT2D eigenvalue weighted by atomic mass is 10.3. The van der Waals surface area contributed by atoms with Crippen LogP contribution in [0.1, 0.15) is 5.69 Å². The SMILES string of the molecule is Cc1cc(N)n(-c2ccc(NS(=O)(=O)CC#N)cc2)n1. The minimum atomic E-state index is -3.62. The average Bonchev–Trinajstić information content (AvgIpc) is 2.69. The second-order valence-electron chi connectivity index (χ2n) is 4.19. The number of nitrogens with two attached hydrogens (primary N) is 1. The highest BCUT2D eigenvalue weighted by molar-refractivity contribution is 7.92. The first-order chi connectivity index (χ1) is 9.41. The van der Waals surface area contributed by atoms with Crippen LogP contribution in [0.2, 0.25) is 0 Å². The highest BCUT2D eigenvalue weighted by Gasteiger charge is 2.10. The van der Waals surface area contributed by atoms with Gasteiger partial charge in [0.15, 0.2) is 5.75 Å². The minimum Gasteiger partial charge on any atom is -0.384 e. The van der Waals surface area contributed by atoms with Crippen molar-refractivity contribution >= 4 is 21.5 Å². The lowest BCUT2D eigenvalue weighted by Crippen LogP contribution is -2.15. The van der Waals surface area contributed by atoms with E-state index in [0.29, 0.717) is 11.5 Å². The Balaban J connectivity index is 2.23. The average molecular weight is 291 g/mol. The van der Waals surface area contributed by atoms with Crippen molar-refractivity contribution in [1.29, 1.82) is 5.26 Å². The monoisotopic (exact) mass is 291 g/mol. The van der Waals surface area contributed by atoms with Crippen LogP contribution in [-0.4, -0.2) is 24.0 Å². The third-order valence-corrected chi connectivity index (χ3v) is 3.55. The van der Waals surface area contributed by atoms with Crippen molar-refractivity contribution in [2.24, 2.45) is 0 Å². The maximum absolute atomic E-state index is 11.4. The van der Waals surface area contributed by atoms with Crippen molar-refractivity contribution in [3.05, 3.63) is 36.0 Å². The van der Waals surface area contributed by atoms with Crippen LogP contribution >= 0.6 is 0 Å². The molecule has 0 bridgehead atoms. The summed E-state index contributed by atoms with van der Waals surface area (Å²) < 4.78 is 26.7. The van der Waals surface area contributed by atoms with E-state index in [0.717, 1.165) is 11.4 Å². The number of hydrogen-bond acceptors (Lipinski definition) is 5. The fourth-order valence-corrected chi connectivity index (χ4v) is 2.43. The van der Waals surface area contributed by atoms with Crippen molar-refractivity contribution in [2.75, 3.05) is 16.2 Å². The van der Waals surface area contributed by atoms with Gasteiger partial charge in [-0.25, -0.2) is 13.1 Å². The number of nitrogens with zero attached hydrogens (tertiary/aromatic N) is 3. The summed E-state index contributed by atoms with van der Waals surface area (Å²) in [7, 11) is -3.62. The first-order valence-electron chi connectivity index (χ1n) is 5.71. The van der Waals surface area contributed by atoms with Crippen LogP contribution in [0.3, 0.4) is 0 Å². The number of aromatic nitrogens is 2. The second-order valence-corrected chi connectivity index (χ2v) is 5.91. The highest BCUT2D eigenvalue weighted by Crippen LogP contribution is 2.17. The largest absolute Gasteiger partial charge is 0.384 e. The molecule has 0 spiro atoms. The molecule has 20 heavy (non-hydrogen) atoms. The lowest BCUT2D eigenvalue weighted by Gasteiger charge is -2.07. The fourth-order valence-electron chi connectivity index (χ4n) is 1.70. The van der Waals surface area contributed by atoms with Crippen LogP contribution in [0.5, 0.6) is 0 Å². The summed E-state index contributed by atoms with van der Waals surface area (Å²) in [6.07, 6.45) is 0. The van der Waals surface area contributed by atoms with Crippen molar-refractivity contribution in [1.82, 2.24) is 9.78 Å². The maximum Gasteiger partial charge on any atom is 0.246 e. The Bertz CT molecular complexity index is 756. The molecule has 0 saturated carbocycles. The number of nitrogens with one attached hydrogen (secondary N) is 1. The van der Waals surface area contributed by atoms with Crippen LogP contribution < -0.4 is 10.5 Å². The van der Waals surface area contributed by atoms with E-state index in [4.69, 9.17) is 11.0 Å². The molecule has 1 aromatic carbocycles. The number of sulfonamides is 1. The molecule has 7 nitrogen and oxygen atoms in total. The number of aryl methyl sites for hydroxylation is 1. The van der Waals surface area contributed by atoms with E-state index in [1.165, 1.54) is 0 Å². The molecule has 0 aliphatic heterocycles. The zero-order valence-electron chi connectivity index (χ0n) is 10.7. The third kappa shape index (κ3) is 3.07. The maximum atomic E-state index is 11.4. The first kappa shape index (κ1) is 13.9. The van der Waals surface area contributed by atoms with Crippen molar-refractivity contribution in [3.63, 3.8) is 0 Å². The van der Waals surface area contributed by atoms with Crippen LogP contribution in [0.4, 0.5) is 11.5 Å². The van der Waals surface area contributed by atoms with E-state index in [1.54, 1.807) is 41.1 Å². The number of anilines is 2. The molecule has 0 amide bonds. The molecular formula is C12H13N5O2S. The molecule has 2 rings (SSSR count). The first-order valence-corrected chi connectivity index (χ1v) is 7.36. The molecular weight excluding hydrogens is 278 g/mol. The Morgan fingerprint density at radius 2 is 2.05 bits per heavy atom. The summed E-state index contributed by atoms with van der Waals surface area (Å²) in [5.41, 5.74) is 7.70. The Labute approximate surface area is 116 Å². The number of benzene rings is 1. The van der Waals surface area contributed by atoms with Crippen molar-refractivity contribution in [2.45, 2.75) is 6.92 Å². The normalized spacial score (nSPS) is 11.0. The van der Waals surface area contributed by atoms with Crippen LogP contribution in [0.25, 0.3) is 5.69 Å². The van der Waals surface area contributed by atoms with Gasteiger partial charge in [0.25, 0.3) is 0 Å². The molecule has 0 atom stereocenters. The number of hydrogen-bond donors (Lipinski definition) is 2. The lowest BCUT2D eigenvalue weighted by molar-refractivity contribution is 0.604. The topological polar surface area (TPSA) is 114 Å². The molecule has 1 aromatic heterocycles. The quantitative estimate of drug-likeness (QED) is 0.873. The van der Waals surface area contributed by atoms with E-state index < -0.39 is 15.8 Å². The molecule has 0 aliphatic rings.